The van der Waals surface area contributed by atoms with Gasteiger partial charge in [0.2, 0.25) is 0 Å². The monoisotopic (exact) mass is 194 g/mol. The molecule has 0 spiro atoms. The first-order valence-electron chi connectivity index (χ1n) is 5.33. The molecule has 3 nitrogen and oxygen atoms in total. The first-order chi connectivity index (χ1) is 6.77. The smallest absolute Gasteiger partial charge is 0.0667 e. The van der Waals surface area contributed by atoms with Crippen molar-refractivity contribution in [3.63, 3.8) is 0 Å². The van der Waals surface area contributed by atoms with Crippen molar-refractivity contribution < 1.29 is 5.11 Å². The van der Waals surface area contributed by atoms with Crippen LogP contribution in [0.2, 0.25) is 0 Å². The van der Waals surface area contributed by atoms with Crippen molar-refractivity contribution in [2.24, 2.45) is 0 Å². The Bertz CT molecular complexity index is 271. The lowest BCUT2D eigenvalue weighted by atomic mass is 10.1. The number of piperidine rings is 1. The number of aliphatic hydroxyl groups excluding tert-OH is 1. The molecule has 2 rings (SSSR count). The van der Waals surface area contributed by atoms with Crippen molar-refractivity contribution >= 4 is 0 Å². The van der Waals surface area contributed by atoms with Gasteiger partial charge in [-0.1, -0.05) is 0 Å². The molecule has 1 aliphatic heterocycles. The van der Waals surface area contributed by atoms with E-state index in [9.17, 15) is 5.11 Å². The van der Waals surface area contributed by atoms with Gasteiger partial charge in [0.1, 0.15) is 0 Å². The number of nitrogens with zero attached hydrogens (tertiary/aromatic N) is 1. The van der Waals surface area contributed by atoms with E-state index in [-0.39, 0.29) is 6.10 Å². The summed E-state index contributed by atoms with van der Waals surface area (Å²) < 4.78 is 0. The van der Waals surface area contributed by atoms with Gasteiger partial charge in [-0.2, -0.15) is 0 Å². The van der Waals surface area contributed by atoms with Crippen molar-refractivity contribution in [3.05, 3.63) is 24.0 Å². The topological polar surface area (TPSA) is 39.3 Å². The van der Waals surface area contributed by atoms with Gasteiger partial charge in [0.15, 0.2) is 0 Å². The Morgan fingerprint density at radius 1 is 1.64 bits per heavy atom. The van der Waals surface area contributed by atoms with Gasteiger partial charge in [-0.3, -0.25) is 4.90 Å². The number of H-pyrrole nitrogens is 1. The average molecular weight is 194 g/mol. The summed E-state index contributed by atoms with van der Waals surface area (Å²) in [6, 6.07) is 4.51. The summed E-state index contributed by atoms with van der Waals surface area (Å²) in [4.78, 5) is 5.56. The van der Waals surface area contributed by atoms with E-state index < -0.39 is 0 Å². The number of aliphatic hydroxyl groups is 1. The van der Waals surface area contributed by atoms with Gasteiger partial charge in [0.05, 0.1) is 6.10 Å². The molecule has 1 fully saturated rings. The van der Waals surface area contributed by atoms with Gasteiger partial charge in [0, 0.05) is 24.5 Å². The number of aromatic nitrogens is 1. The molecule has 1 aliphatic rings. The molecule has 1 saturated heterocycles. The van der Waals surface area contributed by atoms with Crippen LogP contribution in [0.3, 0.4) is 0 Å². The summed E-state index contributed by atoms with van der Waals surface area (Å²) in [5, 5.41) is 9.57. The van der Waals surface area contributed by atoms with Crippen LogP contribution in [0, 0.1) is 0 Å². The van der Waals surface area contributed by atoms with Crippen molar-refractivity contribution in [3.8, 4) is 0 Å². The summed E-state index contributed by atoms with van der Waals surface area (Å²) in [7, 11) is 0. The first kappa shape index (κ1) is 9.74. The standard InChI is InChI=1S/C11H18N2O/c1-9(11-5-2-6-12-11)13-7-3-4-10(14)8-13/h2,5-6,9-10,12,14H,3-4,7-8H2,1H3/t9?,10-/m1/s1. The predicted octanol–water partition coefficient (Wildman–Crippen LogP) is 1.53. The molecule has 0 aromatic carbocycles. The highest BCUT2D eigenvalue weighted by Crippen LogP contribution is 2.22. The fourth-order valence-electron chi connectivity index (χ4n) is 2.14. The second-order valence-electron chi connectivity index (χ2n) is 4.09. The molecule has 78 valence electrons. The van der Waals surface area contributed by atoms with E-state index in [0.717, 1.165) is 25.9 Å². The van der Waals surface area contributed by atoms with E-state index in [0.29, 0.717) is 6.04 Å². The summed E-state index contributed by atoms with van der Waals surface area (Å²) in [5.74, 6) is 0. The molecule has 2 heterocycles. The lowest BCUT2D eigenvalue weighted by Crippen LogP contribution is -2.39. The van der Waals surface area contributed by atoms with Gasteiger partial charge in [-0.15, -0.1) is 0 Å². The fourth-order valence-corrected chi connectivity index (χ4v) is 2.14. The third-order valence-electron chi connectivity index (χ3n) is 3.05. The molecule has 0 bridgehead atoms. The molecule has 1 aromatic heterocycles. The highest BCUT2D eigenvalue weighted by molar-refractivity contribution is 5.08. The Balaban J connectivity index is 2.00. The zero-order valence-electron chi connectivity index (χ0n) is 8.61. The largest absolute Gasteiger partial charge is 0.392 e. The quantitative estimate of drug-likeness (QED) is 0.749. The minimum absolute atomic E-state index is 0.138. The minimum atomic E-state index is -0.138. The molecule has 1 unspecified atom stereocenters. The van der Waals surface area contributed by atoms with E-state index in [1.54, 1.807) is 0 Å². The van der Waals surface area contributed by atoms with Crippen LogP contribution >= 0.6 is 0 Å². The third-order valence-corrected chi connectivity index (χ3v) is 3.05. The van der Waals surface area contributed by atoms with Crippen LogP contribution in [0.5, 0.6) is 0 Å². The maximum Gasteiger partial charge on any atom is 0.0667 e. The molecule has 0 radical (unpaired) electrons. The van der Waals surface area contributed by atoms with Gasteiger partial charge in [-0.25, -0.2) is 0 Å². The molecule has 0 aliphatic carbocycles. The Morgan fingerprint density at radius 3 is 3.14 bits per heavy atom. The minimum Gasteiger partial charge on any atom is -0.392 e. The molecule has 2 N–H and O–H groups in total. The van der Waals surface area contributed by atoms with Gasteiger partial charge < -0.3 is 10.1 Å². The first-order valence-corrected chi connectivity index (χ1v) is 5.33. The average Bonchev–Trinajstić information content (AvgIpc) is 2.69. The molecule has 2 atom stereocenters. The van der Waals surface area contributed by atoms with Gasteiger partial charge in [0.25, 0.3) is 0 Å². The van der Waals surface area contributed by atoms with E-state index in [1.807, 2.05) is 12.3 Å². The molecule has 0 amide bonds. The van der Waals surface area contributed by atoms with Crippen LogP contribution in [0.4, 0.5) is 0 Å². The molecular weight excluding hydrogens is 176 g/mol. The molecule has 14 heavy (non-hydrogen) atoms. The number of aromatic amines is 1. The van der Waals surface area contributed by atoms with E-state index in [2.05, 4.69) is 22.9 Å². The Kier molecular flexibility index (Phi) is 2.89. The maximum absolute atomic E-state index is 9.57. The van der Waals surface area contributed by atoms with E-state index in [4.69, 9.17) is 0 Å². The second-order valence-corrected chi connectivity index (χ2v) is 4.09. The van der Waals surface area contributed by atoms with Crippen molar-refractivity contribution in [2.45, 2.75) is 31.9 Å². The Hall–Kier alpha value is -0.800. The molecule has 0 saturated carbocycles. The fraction of sp³-hybridized carbons (Fsp3) is 0.636. The Morgan fingerprint density at radius 2 is 2.50 bits per heavy atom. The van der Waals surface area contributed by atoms with Crippen LogP contribution in [0.15, 0.2) is 18.3 Å². The lowest BCUT2D eigenvalue weighted by Gasteiger charge is -2.34. The SMILES string of the molecule is CC(c1ccc[nH]1)N1CCC[C@@H](O)C1. The normalized spacial score (nSPS) is 26.3. The summed E-state index contributed by atoms with van der Waals surface area (Å²) in [6.45, 7) is 4.08. The lowest BCUT2D eigenvalue weighted by molar-refractivity contribution is 0.0495. The van der Waals surface area contributed by atoms with E-state index >= 15 is 0 Å². The second kappa shape index (κ2) is 4.15. The summed E-state index contributed by atoms with van der Waals surface area (Å²) in [5.41, 5.74) is 1.24. The molecule has 3 heteroatoms. The number of hydrogen-bond acceptors (Lipinski definition) is 2. The van der Waals surface area contributed by atoms with Crippen LogP contribution in [0.1, 0.15) is 31.5 Å². The van der Waals surface area contributed by atoms with Crippen molar-refractivity contribution in [1.29, 1.82) is 0 Å². The van der Waals surface area contributed by atoms with Crippen molar-refractivity contribution in [2.75, 3.05) is 13.1 Å². The zero-order chi connectivity index (χ0) is 9.97. The molecule has 1 aromatic rings. The maximum atomic E-state index is 9.57. The van der Waals surface area contributed by atoms with Crippen molar-refractivity contribution in [1.82, 2.24) is 9.88 Å². The number of β-amino-alcohol motifs (C(OH)–C–C–N with tert-alkyl or cyclic N) is 1. The highest BCUT2D eigenvalue weighted by atomic mass is 16.3. The van der Waals surface area contributed by atoms with Crippen LogP contribution in [0.25, 0.3) is 0 Å². The zero-order valence-corrected chi connectivity index (χ0v) is 8.61. The molecular formula is C11H18N2O. The number of hydrogen-bond donors (Lipinski definition) is 2. The van der Waals surface area contributed by atoms with Gasteiger partial charge >= 0.3 is 0 Å². The van der Waals surface area contributed by atoms with Gasteiger partial charge in [-0.05, 0) is 38.4 Å². The number of likely N-dealkylation sites (tertiary alicyclic amines) is 1. The highest BCUT2D eigenvalue weighted by Gasteiger charge is 2.22. The number of nitrogens with one attached hydrogen (secondary N) is 1. The van der Waals surface area contributed by atoms with Crippen LogP contribution < -0.4 is 0 Å². The van der Waals surface area contributed by atoms with Crippen LogP contribution in [-0.4, -0.2) is 34.2 Å². The number of rotatable bonds is 2. The van der Waals surface area contributed by atoms with Crippen LogP contribution in [-0.2, 0) is 0 Å². The Labute approximate surface area is 84.7 Å². The summed E-state index contributed by atoms with van der Waals surface area (Å²) >= 11 is 0. The third kappa shape index (κ3) is 1.99. The summed E-state index contributed by atoms with van der Waals surface area (Å²) in [6.07, 6.45) is 3.87. The van der Waals surface area contributed by atoms with E-state index in [1.165, 1.54) is 5.69 Å². The predicted molar refractivity (Wildman–Crippen MR) is 56.0 cm³/mol.